The Bertz CT molecular complexity index is 1250. The number of imidazole rings is 1. The largest absolute Gasteiger partial charge is 0.467 e. The van der Waals surface area contributed by atoms with Crippen molar-refractivity contribution in [3.05, 3.63) is 24.3 Å². The second-order valence-corrected chi connectivity index (χ2v) is 9.07. The fraction of sp³-hybridized carbons (Fsp3) is 0.591. The Balaban J connectivity index is 1.48. The van der Waals surface area contributed by atoms with Crippen molar-refractivity contribution < 1.29 is 48.6 Å². The van der Waals surface area contributed by atoms with E-state index in [4.69, 9.17) is 29.4 Å². The summed E-state index contributed by atoms with van der Waals surface area (Å²) < 4.78 is 29.2. The Hall–Kier alpha value is -3.21. The Morgan fingerprint density at radius 2 is 2.00 bits per heavy atom. The Labute approximate surface area is 209 Å². The number of fused-ring (bicyclic) bond motifs is 3. The molecule has 3 saturated heterocycles. The normalized spacial score (nSPS) is 37.6. The van der Waals surface area contributed by atoms with Gasteiger partial charge in [0.15, 0.2) is 29.9 Å². The molecule has 2 aromatic rings. The summed E-state index contributed by atoms with van der Waals surface area (Å²) in [6, 6.07) is 0. The predicted octanol–water partition coefficient (Wildman–Crippen LogP) is -1.68. The number of aromatic nitrogens is 4. The van der Waals surface area contributed by atoms with Crippen LogP contribution in [0.5, 0.6) is 0 Å². The number of rotatable bonds is 4. The Morgan fingerprint density at radius 1 is 1.24 bits per heavy atom. The quantitative estimate of drug-likeness (QED) is 0.262. The van der Waals surface area contributed by atoms with Crippen LogP contribution in [0.4, 0.5) is 5.82 Å². The SMILES string of the molecule is CC=C(C)C(=O)O[C@H]1[C@H](O)[C@@H](C(=O)OC)O[C@@H]2C[C@H]3O[C@@H](n4cnc5c(N)ncnc54)[C@H](O)[C@H]3O[C@]21O. The topological polar surface area (TPSA) is 211 Å². The van der Waals surface area contributed by atoms with Gasteiger partial charge in [-0.1, -0.05) is 6.08 Å². The average molecular weight is 521 g/mol. The van der Waals surface area contributed by atoms with E-state index in [0.717, 1.165) is 7.11 Å². The maximum absolute atomic E-state index is 12.6. The van der Waals surface area contributed by atoms with Crippen molar-refractivity contribution in [3.8, 4) is 0 Å². The van der Waals surface area contributed by atoms with Gasteiger partial charge in [-0.2, -0.15) is 0 Å². The smallest absolute Gasteiger partial charge is 0.337 e. The van der Waals surface area contributed by atoms with E-state index in [-0.39, 0.29) is 17.8 Å². The van der Waals surface area contributed by atoms with Gasteiger partial charge in [-0.25, -0.2) is 24.5 Å². The zero-order valence-electron chi connectivity index (χ0n) is 20.1. The number of carbonyl (C=O) groups is 2. The molecule has 3 fully saturated rings. The number of methoxy groups -OCH3 is 1. The number of allylic oxidation sites excluding steroid dienone is 1. The van der Waals surface area contributed by atoms with Gasteiger partial charge in [-0.3, -0.25) is 4.57 Å². The molecule has 37 heavy (non-hydrogen) atoms. The van der Waals surface area contributed by atoms with Crippen LogP contribution in [0.1, 0.15) is 26.5 Å². The zero-order valence-corrected chi connectivity index (χ0v) is 20.1. The Morgan fingerprint density at radius 3 is 2.70 bits per heavy atom. The fourth-order valence-electron chi connectivity index (χ4n) is 4.87. The molecule has 15 nitrogen and oxygen atoms in total. The average Bonchev–Trinajstić information content (AvgIpc) is 3.45. The van der Waals surface area contributed by atoms with E-state index in [9.17, 15) is 24.9 Å². The second kappa shape index (κ2) is 9.27. The van der Waals surface area contributed by atoms with E-state index < -0.39 is 66.7 Å². The van der Waals surface area contributed by atoms with E-state index >= 15 is 0 Å². The molecule has 0 aliphatic carbocycles. The lowest BCUT2D eigenvalue weighted by atomic mass is 9.84. The number of esters is 2. The summed E-state index contributed by atoms with van der Waals surface area (Å²) in [5, 5.41) is 33.7. The number of nitrogens with two attached hydrogens (primary N) is 1. The van der Waals surface area contributed by atoms with Crippen molar-refractivity contribution in [2.75, 3.05) is 12.8 Å². The van der Waals surface area contributed by atoms with E-state index in [1.165, 1.54) is 30.2 Å². The molecule has 5 heterocycles. The van der Waals surface area contributed by atoms with Crippen LogP contribution < -0.4 is 5.73 Å². The van der Waals surface area contributed by atoms with Crippen molar-refractivity contribution in [2.24, 2.45) is 0 Å². The number of hydrogen-bond acceptors (Lipinski definition) is 14. The first kappa shape index (κ1) is 25.4. The monoisotopic (exact) mass is 521 g/mol. The van der Waals surface area contributed by atoms with Crippen LogP contribution in [0.2, 0.25) is 0 Å². The van der Waals surface area contributed by atoms with Gasteiger partial charge < -0.3 is 44.7 Å². The van der Waals surface area contributed by atoms with E-state index in [0.29, 0.717) is 11.2 Å². The van der Waals surface area contributed by atoms with Crippen molar-refractivity contribution in [1.82, 2.24) is 19.5 Å². The number of nitrogens with zero attached hydrogens (tertiary/aromatic N) is 4. The van der Waals surface area contributed by atoms with Gasteiger partial charge >= 0.3 is 11.9 Å². The van der Waals surface area contributed by atoms with Crippen LogP contribution in [0.3, 0.4) is 0 Å². The molecule has 3 aliphatic rings. The third kappa shape index (κ3) is 3.94. The van der Waals surface area contributed by atoms with Crippen LogP contribution in [0.15, 0.2) is 24.3 Å². The maximum Gasteiger partial charge on any atom is 0.337 e. The van der Waals surface area contributed by atoms with Gasteiger partial charge in [0, 0.05) is 12.0 Å². The summed E-state index contributed by atoms with van der Waals surface area (Å²) in [4.78, 5) is 37.1. The highest BCUT2D eigenvalue weighted by Crippen LogP contribution is 2.47. The molecule has 5 rings (SSSR count). The van der Waals surface area contributed by atoms with Gasteiger partial charge in [0.2, 0.25) is 5.79 Å². The number of aliphatic hydroxyl groups excluding tert-OH is 2. The molecule has 2 aromatic heterocycles. The number of aliphatic hydroxyl groups is 3. The van der Waals surface area contributed by atoms with Gasteiger partial charge in [0.05, 0.1) is 19.5 Å². The minimum atomic E-state index is -2.43. The van der Waals surface area contributed by atoms with E-state index in [1.807, 2.05) is 0 Å². The summed E-state index contributed by atoms with van der Waals surface area (Å²) in [6.45, 7) is 3.09. The van der Waals surface area contributed by atoms with Crippen LogP contribution in [-0.2, 0) is 33.3 Å². The summed E-state index contributed by atoms with van der Waals surface area (Å²) in [6.07, 6.45) is -6.84. The van der Waals surface area contributed by atoms with Crippen LogP contribution in [-0.4, -0.2) is 102 Å². The summed E-state index contributed by atoms with van der Waals surface area (Å²) >= 11 is 0. The zero-order chi connectivity index (χ0) is 26.6. The molecular formula is C22H27N5O10. The molecule has 0 radical (unpaired) electrons. The first-order chi connectivity index (χ1) is 17.6. The van der Waals surface area contributed by atoms with Gasteiger partial charge in [-0.05, 0) is 13.8 Å². The van der Waals surface area contributed by atoms with Crippen LogP contribution in [0, 0.1) is 0 Å². The maximum atomic E-state index is 12.6. The van der Waals surface area contributed by atoms with Gasteiger partial charge in [-0.15, -0.1) is 0 Å². The van der Waals surface area contributed by atoms with E-state index in [2.05, 4.69) is 15.0 Å². The Kier molecular flexibility index (Phi) is 6.37. The molecule has 0 aromatic carbocycles. The van der Waals surface area contributed by atoms with Crippen molar-refractivity contribution in [3.63, 3.8) is 0 Å². The lowest BCUT2D eigenvalue weighted by molar-refractivity contribution is -0.396. The highest BCUT2D eigenvalue weighted by molar-refractivity contribution is 5.88. The lowest BCUT2D eigenvalue weighted by Gasteiger charge is -2.52. The number of hydrogen-bond donors (Lipinski definition) is 4. The number of anilines is 1. The molecule has 5 N–H and O–H groups in total. The molecule has 0 saturated carbocycles. The van der Waals surface area contributed by atoms with Gasteiger partial charge in [0.25, 0.3) is 0 Å². The molecule has 15 heteroatoms. The summed E-state index contributed by atoms with van der Waals surface area (Å²) in [5.74, 6) is -4.08. The van der Waals surface area contributed by atoms with Crippen LogP contribution >= 0.6 is 0 Å². The molecule has 0 bridgehead atoms. The third-order valence-corrected chi connectivity index (χ3v) is 6.96. The van der Waals surface area contributed by atoms with Crippen LogP contribution in [0.25, 0.3) is 11.2 Å². The number of nitrogen functional groups attached to an aromatic ring is 1. The minimum Gasteiger partial charge on any atom is -0.467 e. The van der Waals surface area contributed by atoms with Crippen molar-refractivity contribution in [2.45, 2.75) is 75.0 Å². The van der Waals surface area contributed by atoms with E-state index in [1.54, 1.807) is 6.92 Å². The van der Waals surface area contributed by atoms with Gasteiger partial charge in [0.1, 0.15) is 36.3 Å². The minimum absolute atomic E-state index is 0.0880. The first-order valence-corrected chi connectivity index (χ1v) is 11.5. The molecule has 200 valence electrons. The van der Waals surface area contributed by atoms with Crippen molar-refractivity contribution in [1.29, 1.82) is 0 Å². The molecule has 0 unspecified atom stereocenters. The predicted molar refractivity (Wildman–Crippen MR) is 120 cm³/mol. The van der Waals surface area contributed by atoms with Crippen molar-refractivity contribution >= 4 is 28.9 Å². The molecule has 0 spiro atoms. The second-order valence-electron chi connectivity index (χ2n) is 9.07. The molecule has 0 amide bonds. The third-order valence-electron chi connectivity index (χ3n) is 6.96. The first-order valence-electron chi connectivity index (χ1n) is 11.5. The molecule has 9 atom stereocenters. The lowest BCUT2D eigenvalue weighted by Crippen LogP contribution is -2.73. The number of ether oxygens (including phenoxy) is 5. The standard InChI is InChI=1S/C22H27N5O10/c1-4-8(2)20(30)36-16-12(28)15(21(31)33-3)35-10-5-9-14(37-22(10,16)32)13(29)19(34-9)27-7-26-11-17(23)24-6-25-18(11)27/h4,6-7,9-10,12-16,19,28-29,32H,5H2,1-3H3,(H2,23,24,25)/t9-,10-,12-,13-,14+,15+,16+,19-,22-/m1/s1. The highest BCUT2D eigenvalue weighted by atomic mass is 16.7. The summed E-state index contributed by atoms with van der Waals surface area (Å²) in [7, 11) is 1.10. The fourth-order valence-corrected chi connectivity index (χ4v) is 4.87. The highest BCUT2D eigenvalue weighted by Gasteiger charge is 2.67. The number of carbonyl (C=O) groups excluding carboxylic acids is 2. The molecular weight excluding hydrogens is 494 g/mol. The summed E-state index contributed by atoms with van der Waals surface area (Å²) in [5.41, 5.74) is 6.66. The molecule has 3 aliphatic heterocycles.